The quantitative estimate of drug-likeness (QED) is 0.741. The van der Waals surface area contributed by atoms with Crippen LogP contribution in [0.2, 0.25) is 0 Å². The Balaban J connectivity index is 1.86. The molecule has 0 aromatic heterocycles. The average Bonchev–Trinajstić information content (AvgIpc) is 2.34. The Labute approximate surface area is 114 Å². The summed E-state index contributed by atoms with van der Waals surface area (Å²) in [5.41, 5.74) is 0.484. The first kappa shape index (κ1) is 13.8. The van der Waals surface area contributed by atoms with Gasteiger partial charge in [-0.3, -0.25) is 0 Å². The van der Waals surface area contributed by atoms with Gasteiger partial charge in [-0.25, -0.2) is 0 Å². The summed E-state index contributed by atoms with van der Waals surface area (Å²) in [6.07, 6.45) is 9.57. The first-order chi connectivity index (χ1) is 8.35. The van der Waals surface area contributed by atoms with Crippen molar-refractivity contribution in [2.24, 2.45) is 5.41 Å². The fourth-order valence-electron chi connectivity index (χ4n) is 3.08. The molecule has 0 radical (unpaired) electrons. The number of likely N-dealkylation sites (tertiary alicyclic amines) is 1. The van der Waals surface area contributed by atoms with Gasteiger partial charge in [0, 0.05) is 25.1 Å². The fraction of sp³-hybridized carbons (Fsp3) is 1.00. The van der Waals surface area contributed by atoms with E-state index in [1.165, 1.54) is 64.6 Å². The van der Waals surface area contributed by atoms with Gasteiger partial charge < -0.3 is 9.64 Å². The van der Waals surface area contributed by atoms with E-state index in [-0.39, 0.29) is 0 Å². The molecule has 2 heterocycles. The van der Waals surface area contributed by atoms with Crippen LogP contribution in [-0.2, 0) is 4.74 Å². The van der Waals surface area contributed by atoms with Gasteiger partial charge in [-0.1, -0.05) is 35.2 Å². The minimum absolute atomic E-state index is 0.484. The van der Waals surface area contributed by atoms with Gasteiger partial charge in [0.25, 0.3) is 0 Å². The van der Waals surface area contributed by atoms with Crippen molar-refractivity contribution in [3.63, 3.8) is 0 Å². The van der Waals surface area contributed by atoms with Crippen LogP contribution in [0.4, 0.5) is 0 Å². The highest BCUT2D eigenvalue weighted by Gasteiger charge is 2.33. The predicted octanol–water partition coefficient (Wildman–Crippen LogP) is 3.44. The van der Waals surface area contributed by atoms with Gasteiger partial charge in [-0.05, 0) is 44.2 Å². The normalized spacial score (nSPS) is 27.4. The predicted molar refractivity (Wildman–Crippen MR) is 75.8 cm³/mol. The number of hydrogen-bond acceptors (Lipinski definition) is 2. The van der Waals surface area contributed by atoms with Gasteiger partial charge in [0.1, 0.15) is 0 Å². The summed E-state index contributed by atoms with van der Waals surface area (Å²) in [5, 5.41) is 1.14. The fourth-order valence-corrected chi connectivity index (χ4v) is 3.82. The SMILES string of the molecule is BrCC1(CN2CCCCCCC2)CCOCC1. The minimum Gasteiger partial charge on any atom is -0.381 e. The third kappa shape index (κ3) is 4.22. The molecule has 0 amide bonds. The molecular weight excluding hydrogens is 278 g/mol. The molecule has 0 aromatic carbocycles. The van der Waals surface area contributed by atoms with E-state index in [2.05, 4.69) is 20.8 Å². The third-order valence-corrected chi connectivity index (χ3v) is 5.53. The molecule has 2 fully saturated rings. The lowest BCUT2D eigenvalue weighted by molar-refractivity contribution is 0.00704. The molecule has 2 nitrogen and oxygen atoms in total. The van der Waals surface area contributed by atoms with Crippen LogP contribution in [0.1, 0.15) is 44.9 Å². The van der Waals surface area contributed by atoms with E-state index in [1.807, 2.05) is 0 Å². The number of hydrogen-bond donors (Lipinski definition) is 0. The van der Waals surface area contributed by atoms with Gasteiger partial charge in [0.05, 0.1) is 0 Å². The molecule has 2 rings (SSSR count). The Morgan fingerprint density at radius 1 is 0.941 bits per heavy atom. The Bertz CT molecular complexity index is 208. The largest absolute Gasteiger partial charge is 0.381 e. The summed E-state index contributed by atoms with van der Waals surface area (Å²) < 4.78 is 5.52. The second-order valence-electron chi connectivity index (χ2n) is 5.79. The van der Waals surface area contributed by atoms with Crippen LogP contribution in [-0.4, -0.2) is 43.1 Å². The summed E-state index contributed by atoms with van der Waals surface area (Å²) in [4.78, 5) is 2.71. The highest BCUT2D eigenvalue weighted by atomic mass is 79.9. The lowest BCUT2D eigenvalue weighted by Gasteiger charge is -2.40. The number of ether oxygens (including phenoxy) is 1. The summed E-state index contributed by atoms with van der Waals surface area (Å²) >= 11 is 3.75. The molecule has 2 aliphatic heterocycles. The zero-order valence-electron chi connectivity index (χ0n) is 10.9. The molecule has 0 aliphatic carbocycles. The van der Waals surface area contributed by atoms with E-state index in [4.69, 9.17) is 4.74 Å². The van der Waals surface area contributed by atoms with Crippen LogP contribution in [0.25, 0.3) is 0 Å². The molecule has 2 aliphatic rings. The molecule has 0 spiro atoms. The van der Waals surface area contributed by atoms with Gasteiger partial charge in [0.15, 0.2) is 0 Å². The number of nitrogens with zero attached hydrogens (tertiary/aromatic N) is 1. The molecule has 0 saturated carbocycles. The van der Waals surface area contributed by atoms with Gasteiger partial charge in [-0.15, -0.1) is 0 Å². The summed E-state index contributed by atoms with van der Waals surface area (Å²) in [7, 11) is 0. The zero-order chi connectivity index (χ0) is 12.0. The standard InChI is InChI=1S/C14H26BrNO/c15-12-14(6-10-17-11-7-14)13-16-8-4-2-1-3-5-9-16/h1-13H2. The van der Waals surface area contributed by atoms with E-state index in [1.54, 1.807) is 0 Å². The molecule has 0 unspecified atom stereocenters. The minimum atomic E-state index is 0.484. The second-order valence-corrected chi connectivity index (χ2v) is 6.35. The maximum atomic E-state index is 5.52. The van der Waals surface area contributed by atoms with E-state index < -0.39 is 0 Å². The average molecular weight is 304 g/mol. The van der Waals surface area contributed by atoms with Crippen LogP contribution in [0.15, 0.2) is 0 Å². The third-order valence-electron chi connectivity index (χ3n) is 4.34. The van der Waals surface area contributed by atoms with Crippen molar-refractivity contribution in [3.8, 4) is 0 Å². The maximum Gasteiger partial charge on any atom is 0.0472 e. The molecule has 100 valence electrons. The Morgan fingerprint density at radius 3 is 2.12 bits per heavy atom. The smallest absolute Gasteiger partial charge is 0.0472 e. The van der Waals surface area contributed by atoms with Crippen LogP contribution in [0.5, 0.6) is 0 Å². The number of halogens is 1. The number of alkyl halides is 1. The molecule has 0 aromatic rings. The van der Waals surface area contributed by atoms with E-state index in [0.717, 1.165) is 18.5 Å². The van der Waals surface area contributed by atoms with Crippen molar-refractivity contribution in [1.82, 2.24) is 4.90 Å². The van der Waals surface area contributed by atoms with Crippen LogP contribution < -0.4 is 0 Å². The van der Waals surface area contributed by atoms with Crippen LogP contribution in [0, 0.1) is 5.41 Å². The second kappa shape index (κ2) is 7.10. The summed E-state index contributed by atoms with van der Waals surface area (Å²) in [6.45, 7) is 5.83. The molecule has 17 heavy (non-hydrogen) atoms. The summed E-state index contributed by atoms with van der Waals surface area (Å²) in [6, 6.07) is 0. The molecule has 0 atom stereocenters. The van der Waals surface area contributed by atoms with Gasteiger partial charge >= 0.3 is 0 Å². The molecule has 0 N–H and O–H groups in total. The van der Waals surface area contributed by atoms with Gasteiger partial charge in [-0.2, -0.15) is 0 Å². The molecule has 2 saturated heterocycles. The Kier molecular flexibility index (Phi) is 5.78. The molecule has 0 bridgehead atoms. The van der Waals surface area contributed by atoms with Crippen molar-refractivity contribution in [3.05, 3.63) is 0 Å². The highest BCUT2D eigenvalue weighted by Crippen LogP contribution is 2.34. The van der Waals surface area contributed by atoms with Crippen molar-refractivity contribution in [1.29, 1.82) is 0 Å². The number of rotatable bonds is 3. The van der Waals surface area contributed by atoms with Crippen LogP contribution in [0.3, 0.4) is 0 Å². The van der Waals surface area contributed by atoms with E-state index in [0.29, 0.717) is 5.41 Å². The van der Waals surface area contributed by atoms with Crippen molar-refractivity contribution in [2.75, 3.05) is 38.2 Å². The highest BCUT2D eigenvalue weighted by molar-refractivity contribution is 9.09. The first-order valence-electron chi connectivity index (χ1n) is 7.21. The first-order valence-corrected chi connectivity index (χ1v) is 8.33. The maximum absolute atomic E-state index is 5.52. The monoisotopic (exact) mass is 303 g/mol. The molecular formula is C14H26BrNO. The van der Waals surface area contributed by atoms with Crippen LogP contribution >= 0.6 is 15.9 Å². The van der Waals surface area contributed by atoms with Crippen molar-refractivity contribution >= 4 is 15.9 Å². The van der Waals surface area contributed by atoms with Crippen molar-refractivity contribution in [2.45, 2.75) is 44.9 Å². The Morgan fingerprint density at radius 2 is 1.53 bits per heavy atom. The lowest BCUT2D eigenvalue weighted by Crippen LogP contribution is -2.43. The van der Waals surface area contributed by atoms with E-state index >= 15 is 0 Å². The van der Waals surface area contributed by atoms with E-state index in [9.17, 15) is 0 Å². The topological polar surface area (TPSA) is 12.5 Å². The Hall–Kier alpha value is 0.400. The zero-order valence-corrected chi connectivity index (χ0v) is 12.5. The molecule has 3 heteroatoms. The van der Waals surface area contributed by atoms with Crippen molar-refractivity contribution < 1.29 is 4.74 Å². The lowest BCUT2D eigenvalue weighted by atomic mass is 9.81. The summed E-state index contributed by atoms with van der Waals surface area (Å²) in [5.74, 6) is 0. The van der Waals surface area contributed by atoms with Gasteiger partial charge in [0.2, 0.25) is 0 Å².